The molecular weight excluding hydrogens is 322 g/mol. The van der Waals surface area contributed by atoms with E-state index in [0.29, 0.717) is 16.4 Å². The molecule has 4 nitrogen and oxygen atoms in total. The number of nitrogens with one attached hydrogen (secondary N) is 2. The van der Waals surface area contributed by atoms with Gasteiger partial charge in [0, 0.05) is 21.8 Å². The number of nitrogens with zero attached hydrogens (tertiary/aromatic N) is 1. The molecule has 0 aliphatic heterocycles. The third kappa shape index (κ3) is 2.49. The van der Waals surface area contributed by atoms with E-state index in [4.69, 9.17) is 11.6 Å². The van der Waals surface area contributed by atoms with Crippen LogP contribution in [0.2, 0.25) is 5.02 Å². The molecule has 1 heterocycles. The Hall–Kier alpha value is -2.59. The first kappa shape index (κ1) is 15.0. The van der Waals surface area contributed by atoms with E-state index >= 15 is 0 Å². The van der Waals surface area contributed by atoms with Gasteiger partial charge in [-0.15, -0.1) is 0 Å². The molecule has 0 saturated heterocycles. The van der Waals surface area contributed by atoms with Crippen LogP contribution in [0.3, 0.4) is 0 Å². The van der Waals surface area contributed by atoms with Crippen molar-refractivity contribution < 1.29 is 4.79 Å². The number of rotatable bonds is 2. The zero-order valence-electron chi connectivity index (χ0n) is 13.2. The normalized spacial score (nSPS) is 12.4. The van der Waals surface area contributed by atoms with Crippen molar-refractivity contribution in [3.8, 4) is 11.3 Å². The number of H-pyrrole nitrogens is 1. The molecule has 1 aliphatic carbocycles. The lowest BCUT2D eigenvalue weighted by Crippen LogP contribution is -2.16. The summed E-state index contributed by atoms with van der Waals surface area (Å²) in [6.07, 6.45) is 1.72. The van der Waals surface area contributed by atoms with E-state index < -0.39 is 0 Å². The summed E-state index contributed by atoms with van der Waals surface area (Å²) in [5, 5.41) is 10.8. The molecule has 4 rings (SSSR count). The number of hydrogen-bond acceptors (Lipinski definition) is 2. The third-order valence-electron chi connectivity index (χ3n) is 4.46. The maximum atomic E-state index is 12.7. The topological polar surface area (TPSA) is 57.8 Å². The minimum absolute atomic E-state index is 0.187. The van der Waals surface area contributed by atoms with Gasteiger partial charge in [0.15, 0.2) is 0 Å². The highest BCUT2D eigenvalue weighted by molar-refractivity contribution is 6.31. The lowest BCUT2D eigenvalue weighted by Gasteiger charge is -2.15. The van der Waals surface area contributed by atoms with Crippen molar-refractivity contribution in [3.05, 3.63) is 69.9 Å². The van der Waals surface area contributed by atoms with Gasteiger partial charge in [-0.2, -0.15) is 5.10 Å². The predicted octanol–water partition coefficient (Wildman–Crippen LogP) is 4.39. The van der Waals surface area contributed by atoms with Gasteiger partial charge in [-0.3, -0.25) is 9.89 Å². The van der Waals surface area contributed by atoms with E-state index in [2.05, 4.69) is 27.6 Å². The summed E-state index contributed by atoms with van der Waals surface area (Å²) < 4.78 is 0. The number of aryl methyl sites for hydroxylation is 2. The monoisotopic (exact) mass is 337 g/mol. The summed E-state index contributed by atoms with van der Waals surface area (Å²) in [6, 6.07) is 13.6. The Labute approximate surface area is 144 Å². The number of aromatic amines is 1. The van der Waals surface area contributed by atoms with Crippen molar-refractivity contribution in [2.75, 3.05) is 5.32 Å². The summed E-state index contributed by atoms with van der Waals surface area (Å²) in [4.78, 5) is 12.7. The molecule has 2 N–H and O–H groups in total. The second-order valence-electron chi connectivity index (χ2n) is 6.00. The van der Waals surface area contributed by atoms with Crippen LogP contribution >= 0.6 is 11.6 Å². The number of benzene rings is 2. The number of anilines is 1. The maximum Gasteiger partial charge on any atom is 0.273 e. The Balaban J connectivity index is 1.68. The summed E-state index contributed by atoms with van der Waals surface area (Å²) in [5.41, 5.74) is 6.44. The molecule has 120 valence electrons. The Morgan fingerprint density at radius 2 is 2.04 bits per heavy atom. The largest absolute Gasteiger partial charge is 0.320 e. The van der Waals surface area contributed by atoms with Gasteiger partial charge in [0.1, 0.15) is 5.69 Å². The Morgan fingerprint density at radius 3 is 2.92 bits per heavy atom. The fraction of sp³-hybridized carbons (Fsp3) is 0.158. The molecule has 3 aromatic rings. The van der Waals surface area contributed by atoms with Crippen LogP contribution in [0.25, 0.3) is 11.3 Å². The molecule has 0 atom stereocenters. The van der Waals surface area contributed by atoms with Crippen molar-refractivity contribution in [2.24, 2.45) is 0 Å². The van der Waals surface area contributed by atoms with Crippen LogP contribution in [-0.4, -0.2) is 16.1 Å². The van der Waals surface area contributed by atoms with Crippen LogP contribution in [-0.2, 0) is 12.8 Å². The van der Waals surface area contributed by atoms with Crippen molar-refractivity contribution in [3.63, 3.8) is 0 Å². The fourth-order valence-corrected chi connectivity index (χ4v) is 3.33. The Morgan fingerprint density at radius 1 is 1.21 bits per heavy atom. The lowest BCUT2D eigenvalue weighted by atomic mass is 9.89. The molecular formula is C19H16ClN3O. The average molecular weight is 338 g/mol. The second kappa shape index (κ2) is 5.80. The number of fused-ring (bicyclic) bond motifs is 3. The highest BCUT2D eigenvalue weighted by atomic mass is 35.5. The van der Waals surface area contributed by atoms with Crippen LogP contribution < -0.4 is 5.32 Å². The Kier molecular flexibility index (Phi) is 3.62. The molecule has 0 bridgehead atoms. The first-order chi connectivity index (χ1) is 11.6. The highest BCUT2D eigenvalue weighted by Gasteiger charge is 2.25. The minimum Gasteiger partial charge on any atom is -0.320 e. The zero-order valence-corrected chi connectivity index (χ0v) is 13.9. The molecule has 0 radical (unpaired) electrons. The standard InChI is InChI=1S/C19H16ClN3O/c1-11-6-8-13(20)10-16(11)21-19(24)18-15-9-7-12-4-2-3-5-14(12)17(15)22-23-18/h2-6,8,10H,7,9H2,1H3,(H,21,24)(H,22,23). The van der Waals surface area contributed by atoms with Crippen LogP contribution in [0.4, 0.5) is 5.69 Å². The van der Waals surface area contributed by atoms with E-state index in [1.54, 1.807) is 6.07 Å². The van der Waals surface area contributed by atoms with E-state index in [1.165, 1.54) is 5.56 Å². The first-order valence-corrected chi connectivity index (χ1v) is 8.24. The molecule has 5 heteroatoms. The quantitative estimate of drug-likeness (QED) is 0.728. The van der Waals surface area contributed by atoms with Gasteiger partial charge in [0.25, 0.3) is 5.91 Å². The summed E-state index contributed by atoms with van der Waals surface area (Å²) in [7, 11) is 0. The molecule has 1 aliphatic rings. The Bertz CT molecular complexity index is 946. The number of halogens is 1. The maximum absolute atomic E-state index is 12.7. The summed E-state index contributed by atoms with van der Waals surface area (Å²) in [5.74, 6) is -0.187. The number of hydrogen-bond donors (Lipinski definition) is 2. The fourth-order valence-electron chi connectivity index (χ4n) is 3.16. The number of aromatic nitrogens is 2. The lowest BCUT2D eigenvalue weighted by molar-refractivity contribution is 0.102. The molecule has 0 fully saturated rings. The predicted molar refractivity (Wildman–Crippen MR) is 95.6 cm³/mol. The van der Waals surface area contributed by atoms with Gasteiger partial charge >= 0.3 is 0 Å². The number of carbonyl (C=O) groups is 1. The molecule has 24 heavy (non-hydrogen) atoms. The van der Waals surface area contributed by atoms with E-state index in [-0.39, 0.29) is 5.91 Å². The second-order valence-corrected chi connectivity index (χ2v) is 6.43. The van der Waals surface area contributed by atoms with Gasteiger partial charge < -0.3 is 5.32 Å². The third-order valence-corrected chi connectivity index (χ3v) is 4.69. The van der Waals surface area contributed by atoms with Crippen LogP contribution in [0.15, 0.2) is 42.5 Å². The summed E-state index contributed by atoms with van der Waals surface area (Å²) in [6.45, 7) is 1.94. The van der Waals surface area contributed by atoms with E-state index in [9.17, 15) is 4.79 Å². The molecule has 2 aromatic carbocycles. The summed E-state index contributed by atoms with van der Waals surface area (Å²) >= 11 is 6.03. The van der Waals surface area contributed by atoms with Crippen molar-refractivity contribution in [2.45, 2.75) is 19.8 Å². The molecule has 1 aromatic heterocycles. The number of carbonyl (C=O) groups excluding carboxylic acids is 1. The minimum atomic E-state index is -0.187. The first-order valence-electron chi connectivity index (χ1n) is 7.86. The van der Waals surface area contributed by atoms with E-state index in [0.717, 1.165) is 35.2 Å². The van der Waals surface area contributed by atoms with E-state index in [1.807, 2.05) is 31.2 Å². The van der Waals surface area contributed by atoms with Gasteiger partial charge in [-0.05, 0) is 43.0 Å². The van der Waals surface area contributed by atoms with Gasteiger partial charge in [-0.1, -0.05) is 41.9 Å². The van der Waals surface area contributed by atoms with Gasteiger partial charge in [0.05, 0.1) is 5.69 Å². The highest BCUT2D eigenvalue weighted by Crippen LogP contribution is 2.33. The molecule has 0 spiro atoms. The van der Waals surface area contributed by atoms with Gasteiger partial charge in [0.2, 0.25) is 0 Å². The molecule has 1 amide bonds. The van der Waals surface area contributed by atoms with Crippen molar-refractivity contribution >= 4 is 23.2 Å². The smallest absolute Gasteiger partial charge is 0.273 e. The van der Waals surface area contributed by atoms with Crippen molar-refractivity contribution in [1.82, 2.24) is 10.2 Å². The van der Waals surface area contributed by atoms with Gasteiger partial charge in [-0.25, -0.2) is 0 Å². The van der Waals surface area contributed by atoms with Crippen molar-refractivity contribution in [1.29, 1.82) is 0 Å². The van der Waals surface area contributed by atoms with Crippen LogP contribution in [0.1, 0.15) is 27.2 Å². The SMILES string of the molecule is Cc1ccc(Cl)cc1NC(=O)c1[nH]nc2c1CCc1ccccc1-2. The van der Waals surface area contributed by atoms with Crippen LogP contribution in [0.5, 0.6) is 0 Å². The van der Waals surface area contributed by atoms with Crippen LogP contribution in [0, 0.1) is 6.92 Å². The average Bonchev–Trinajstić information content (AvgIpc) is 3.03. The zero-order chi connectivity index (χ0) is 16.7. The molecule has 0 saturated carbocycles. The number of amides is 1. The molecule has 0 unspecified atom stereocenters.